The number of carbonyl (C=O) groups is 2. The lowest BCUT2D eigenvalue weighted by molar-refractivity contribution is -0.144. The number of piperidine rings is 1. The molecule has 1 aliphatic rings. The Morgan fingerprint density at radius 1 is 1.26 bits per heavy atom. The fourth-order valence-corrected chi connectivity index (χ4v) is 2.39. The second-order valence-corrected chi connectivity index (χ2v) is 5.14. The Kier molecular flexibility index (Phi) is 5.60. The first-order valence-corrected chi connectivity index (χ1v) is 6.90. The summed E-state index contributed by atoms with van der Waals surface area (Å²) >= 11 is 0. The molecule has 0 atom stereocenters. The zero-order valence-electron chi connectivity index (χ0n) is 11.7. The summed E-state index contributed by atoms with van der Waals surface area (Å²) in [5.41, 5.74) is -1.18. The fourth-order valence-electron chi connectivity index (χ4n) is 2.39. The van der Waals surface area contributed by atoms with E-state index in [1.54, 1.807) is 18.7 Å². The predicted octanol–water partition coefficient (Wildman–Crippen LogP) is 1.04. The number of hydrogen-bond acceptors (Lipinski definition) is 3. The highest BCUT2D eigenvalue weighted by molar-refractivity contribution is 5.86. The number of amides is 2. The van der Waals surface area contributed by atoms with Crippen molar-refractivity contribution in [1.29, 1.82) is 0 Å². The van der Waals surface area contributed by atoms with E-state index < -0.39 is 11.5 Å². The van der Waals surface area contributed by atoms with Gasteiger partial charge in [-0.15, -0.1) is 0 Å². The Hall–Kier alpha value is -1.30. The quantitative estimate of drug-likeness (QED) is 0.697. The van der Waals surface area contributed by atoms with E-state index in [4.69, 9.17) is 5.11 Å². The molecule has 110 valence electrons. The van der Waals surface area contributed by atoms with Gasteiger partial charge in [-0.05, 0) is 31.6 Å². The Morgan fingerprint density at radius 3 is 2.16 bits per heavy atom. The number of likely N-dealkylation sites (tertiary alicyclic amines) is 1. The number of rotatable bonds is 5. The smallest absolute Gasteiger partial charge is 0.329 e. The summed E-state index contributed by atoms with van der Waals surface area (Å²) in [6.07, 6.45) is 2.25. The van der Waals surface area contributed by atoms with Crippen molar-refractivity contribution in [2.75, 3.05) is 19.7 Å². The number of hydrogen-bond donors (Lipinski definition) is 3. The Morgan fingerprint density at radius 2 is 1.79 bits per heavy atom. The van der Waals surface area contributed by atoms with Gasteiger partial charge in [0.1, 0.15) is 5.54 Å². The van der Waals surface area contributed by atoms with Gasteiger partial charge in [0.15, 0.2) is 0 Å². The van der Waals surface area contributed by atoms with Crippen LogP contribution in [0.1, 0.15) is 39.5 Å². The number of aliphatic hydroxyl groups is 1. The van der Waals surface area contributed by atoms with Crippen molar-refractivity contribution >= 4 is 12.0 Å². The lowest BCUT2D eigenvalue weighted by Crippen LogP contribution is -2.58. The van der Waals surface area contributed by atoms with Crippen molar-refractivity contribution < 1.29 is 19.8 Å². The van der Waals surface area contributed by atoms with E-state index in [0.29, 0.717) is 25.9 Å². The molecule has 1 heterocycles. The third-order valence-electron chi connectivity index (χ3n) is 4.12. The zero-order valence-corrected chi connectivity index (χ0v) is 11.7. The summed E-state index contributed by atoms with van der Waals surface area (Å²) < 4.78 is 0. The lowest BCUT2D eigenvalue weighted by atomic mass is 9.93. The summed E-state index contributed by atoms with van der Waals surface area (Å²) in [6.45, 7) is 4.81. The Labute approximate surface area is 113 Å². The number of carboxylic acids is 1. The minimum absolute atomic E-state index is 0.151. The number of nitrogens with one attached hydrogen (secondary N) is 1. The van der Waals surface area contributed by atoms with E-state index in [9.17, 15) is 14.7 Å². The molecular formula is C13H24N2O4. The summed E-state index contributed by atoms with van der Waals surface area (Å²) in [5, 5.41) is 21.0. The largest absolute Gasteiger partial charge is 0.480 e. The Bertz CT molecular complexity index is 321. The van der Waals surface area contributed by atoms with Gasteiger partial charge in [0.05, 0.1) is 0 Å². The van der Waals surface area contributed by atoms with Gasteiger partial charge in [0.2, 0.25) is 0 Å². The molecule has 0 aromatic carbocycles. The van der Waals surface area contributed by atoms with Crippen molar-refractivity contribution in [2.45, 2.75) is 45.1 Å². The van der Waals surface area contributed by atoms with Gasteiger partial charge in [0.25, 0.3) is 0 Å². The maximum absolute atomic E-state index is 12.1. The third-order valence-corrected chi connectivity index (χ3v) is 4.12. The first kappa shape index (κ1) is 15.8. The SMILES string of the molecule is CCC(CC)(NC(=O)N1CCC(CO)CC1)C(=O)O. The third kappa shape index (κ3) is 3.59. The van der Waals surface area contributed by atoms with Crippen molar-refractivity contribution in [1.82, 2.24) is 10.2 Å². The lowest BCUT2D eigenvalue weighted by Gasteiger charge is -2.35. The molecule has 0 spiro atoms. The van der Waals surface area contributed by atoms with Crippen LogP contribution in [0.2, 0.25) is 0 Å². The van der Waals surface area contributed by atoms with E-state index >= 15 is 0 Å². The minimum atomic E-state index is -1.18. The first-order valence-electron chi connectivity index (χ1n) is 6.90. The number of carbonyl (C=O) groups excluding carboxylic acids is 1. The second-order valence-electron chi connectivity index (χ2n) is 5.14. The van der Waals surface area contributed by atoms with E-state index in [1.807, 2.05) is 0 Å². The molecule has 0 aliphatic carbocycles. The maximum atomic E-state index is 12.1. The summed E-state index contributed by atoms with van der Waals surface area (Å²) in [4.78, 5) is 25.1. The number of aliphatic carboxylic acids is 1. The van der Waals surface area contributed by atoms with Crippen LogP contribution in [0.25, 0.3) is 0 Å². The van der Waals surface area contributed by atoms with Crippen LogP contribution in [0.15, 0.2) is 0 Å². The molecule has 0 unspecified atom stereocenters. The molecule has 6 heteroatoms. The molecule has 0 saturated carbocycles. The molecule has 1 aliphatic heterocycles. The van der Waals surface area contributed by atoms with Gasteiger partial charge < -0.3 is 20.4 Å². The molecule has 0 radical (unpaired) electrons. The second kappa shape index (κ2) is 6.75. The number of aliphatic hydroxyl groups excluding tert-OH is 1. The average Bonchev–Trinajstić information content (AvgIpc) is 2.44. The number of nitrogens with zero attached hydrogens (tertiary/aromatic N) is 1. The first-order chi connectivity index (χ1) is 8.99. The molecule has 0 aromatic rings. The van der Waals surface area contributed by atoms with Crippen LogP contribution in [0.5, 0.6) is 0 Å². The monoisotopic (exact) mass is 272 g/mol. The van der Waals surface area contributed by atoms with E-state index in [-0.39, 0.29) is 18.6 Å². The highest BCUT2D eigenvalue weighted by Crippen LogP contribution is 2.19. The topological polar surface area (TPSA) is 89.9 Å². The van der Waals surface area contributed by atoms with E-state index in [0.717, 1.165) is 12.8 Å². The van der Waals surface area contributed by atoms with Gasteiger partial charge in [-0.2, -0.15) is 0 Å². The van der Waals surface area contributed by atoms with Crippen LogP contribution >= 0.6 is 0 Å². The highest BCUT2D eigenvalue weighted by atomic mass is 16.4. The molecule has 3 N–H and O–H groups in total. The van der Waals surface area contributed by atoms with Gasteiger partial charge in [-0.25, -0.2) is 9.59 Å². The maximum Gasteiger partial charge on any atom is 0.329 e. The fraction of sp³-hybridized carbons (Fsp3) is 0.846. The normalized spacial score (nSPS) is 17.3. The van der Waals surface area contributed by atoms with Gasteiger partial charge in [0, 0.05) is 19.7 Å². The summed E-state index contributed by atoms with van der Waals surface area (Å²) in [7, 11) is 0. The molecule has 0 aromatic heterocycles. The Balaban J connectivity index is 2.61. The minimum Gasteiger partial charge on any atom is -0.480 e. The number of urea groups is 1. The van der Waals surface area contributed by atoms with Crippen LogP contribution in [-0.4, -0.2) is 52.3 Å². The van der Waals surface area contributed by atoms with E-state index in [1.165, 1.54) is 0 Å². The van der Waals surface area contributed by atoms with Crippen molar-refractivity contribution in [3.63, 3.8) is 0 Å². The molecule has 0 bridgehead atoms. The van der Waals surface area contributed by atoms with Gasteiger partial charge in [-0.3, -0.25) is 0 Å². The van der Waals surface area contributed by atoms with Crippen molar-refractivity contribution in [3.05, 3.63) is 0 Å². The molecule has 6 nitrogen and oxygen atoms in total. The van der Waals surface area contributed by atoms with Gasteiger partial charge in [-0.1, -0.05) is 13.8 Å². The summed E-state index contributed by atoms with van der Waals surface area (Å²) in [5.74, 6) is -0.735. The molecule has 1 fully saturated rings. The van der Waals surface area contributed by atoms with Crippen molar-refractivity contribution in [3.8, 4) is 0 Å². The van der Waals surface area contributed by atoms with E-state index in [2.05, 4.69) is 5.32 Å². The average molecular weight is 272 g/mol. The highest BCUT2D eigenvalue weighted by Gasteiger charge is 2.38. The van der Waals surface area contributed by atoms with Crippen molar-refractivity contribution in [2.24, 2.45) is 5.92 Å². The van der Waals surface area contributed by atoms with Crippen LogP contribution in [0, 0.1) is 5.92 Å². The molecule has 19 heavy (non-hydrogen) atoms. The molecule has 1 rings (SSSR count). The van der Waals surface area contributed by atoms with Crippen LogP contribution in [-0.2, 0) is 4.79 Å². The zero-order chi connectivity index (χ0) is 14.5. The predicted molar refractivity (Wildman–Crippen MR) is 70.9 cm³/mol. The van der Waals surface area contributed by atoms with Crippen LogP contribution in [0.4, 0.5) is 4.79 Å². The van der Waals surface area contributed by atoms with Crippen LogP contribution < -0.4 is 5.32 Å². The number of carboxylic acid groups (broad SMARTS) is 1. The van der Waals surface area contributed by atoms with Gasteiger partial charge >= 0.3 is 12.0 Å². The standard InChI is InChI=1S/C13H24N2O4/c1-3-13(4-2,11(17)18)14-12(19)15-7-5-10(9-16)6-8-15/h10,16H,3-9H2,1-2H3,(H,14,19)(H,17,18). The molecule has 1 saturated heterocycles. The molecule has 2 amide bonds. The summed E-state index contributed by atoms with van der Waals surface area (Å²) in [6, 6.07) is -0.317. The van der Waals surface area contributed by atoms with Crippen LogP contribution in [0.3, 0.4) is 0 Å². The molecular weight excluding hydrogens is 248 g/mol.